The molecule has 1 saturated heterocycles. The van der Waals surface area contributed by atoms with Crippen LogP contribution in [0.1, 0.15) is 42.3 Å². The molecule has 0 saturated carbocycles. The summed E-state index contributed by atoms with van der Waals surface area (Å²) in [6.45, 7) is 4.48. The van der Waals surface area contributed by atoms with Crippen molar-refractivity contribution in [3.05, 3.63) is 15.6 Å². The first-order chi connectivity index (χ1) is 8.20. The van der Waals surface area contributed by atoms with Crippen LogP contribution in [0.15, 0.2) is 0 Å². The smallest absolute Gasteiger partial charge is 0.114 e. The van der Waals surface area contributed by atoms with Gasteiger partial charge in [0.25, 0.3) is 0 Å². The molecule has 1 aliphatic heterocycles. The minimum atomic E-state index is 0.174. The van der Waals surface area contributed by atoms with Crippen molar-refractivity contribution >= 4 is 23.1 Å². The third-order valence-electron chi connectivity index (χ3n) is 3.59. The second-order valence-electron chi connectivity index (χ2n) is 5.43. The van der Waals surface area contributed by atoms with Crippen LogP contribution in [0, 0.1) is 0 Å². The summed E-state index contributed by atoms with van der Waals surface area (Å²) in [5.41, 5.74) is 1.57. The van der Waals surface area contributed by atoms with E-state index in [-0.39, 0.29) is 5.54 Å². The van der Waals surface area contributed by atoms with Crippen LogP contribution in [0.25, 0.3) is 0 Å². The van der Waals surface area contributed by atoms with Gasteiger partial charge in [-0.15, -0.1) is 11.3 Å². The van der Waals surface area contributed by atoms with Gasteiger partial charge in [-0.3, -0.25) is 0 Å². The van der Waals surface area contributed by atoms with E-state index in [1.807, 2.05) is 11.3 Å². The Balaban J connectivity index is 1.92. The molecule has 3 rings (SSSR count). The highest BCUT2D eigenvalue weighted by Gasteiger charge is 2.40. The van der Waals surface area contributed by atoms with Crippen LogP contribution in [0.5, 0.6) is 0 Å². The summed E-state index contributed by atoms with van der Waals surface area (Å²) in [4.78, 5) is 6.50. The van der Waals surface area contributed by atoms with Crippen molar-refractivity contribution in [3.63, 3.8) is 0 Å². The molecule has 4 heteroatoms. The molecule has 2 heterocycles. The van der Waals surface area contributed by atoms with Gasteiger partial charge in [0, 0.05) is 16.7 Å². The number of aryl methyl sites for hydroxylation is 2. The zero-order valence-corrected chi connectivity index (χ0v) is 12.2. The van der Waals surface area contributed by atoms with Crippen LogP contribution in [0.4, 0.5) is 0 Å². The monoisotopic (exact) mass is 268 g/mol. The molecular weight excluding hydrogens is 248 g/mol. The summed E-state index contributed by atoms with van der Waals surface area (Å²) in [5.74, 6) is 2.46. The molecular formula is C13H20N2S2. The van der Waals surface area contributed by atoms with Crippen molar-refractivity contribution in [2.45, 2.75) is 51.1 Å². The second-order valence-corrected chi connectivity index (χ2v) is 7.61. The molecule has 2 nitrogen and oxygen atoms in total. The van der Waals surface area contributed by atoms with Crippen molar-refractivity contribution in [2.24, 2.45) is 0 Å². The average molecular weight is 268 g/mol. The van der Waals surface area contributed by atoms with E-state index in [9.17, 15) is 0 Å². The van der Waals surface area contributed by atoms with Gasteiger partial charge in [-0.25, -0.2) is 4.98 Å². The third kappa shape index (κ3) is 2.15. The van der Waals surface area contributed by atoms with Crippen molar-refractivity contribution in [3.8, 4) is 0 Å². The van der Waals surface area contributed by atoms with Gasteiger partial charge < -0.3 is 5.32 Å². The van der Waals surface area contributed by atoms with Gasteiger partial charge in [0.2, 0.25) is 0 Å². The number of hydrogen-bond acceptors (Lipinski definition) is 4. The molecule has 2 aliphatic rings. The van der Waals surface area contributed by atoms with Gasteiger partial charge in [-0.1, -0.05) is 0 Å². The first-order valence-electron chi connectivity index (χ1n) is 6.54. The third-order valence-corrected chi connectivity index (χ3v) is 6.14. The number of thioether (sulfide) groups is 1. The lowest BCUT2D eigenvalue weighted by molar-refractivity contribution is 0.341. The molecule has 1 N–H and O–H groups in total. The van der Waals surface area contributed by atoms with Crippen LogP contribution < -0.4 is 5.32 Å². The summed E-state index contributed by atoms with van der Waals surface area (Å²) >= 11 is 4.04. The van der Waals surface area contributed by atoms with Gasteiger partial charge in [-0.2, -0.15) is 11.8 Å². The number of thiazole rings is 1. The zero-order chi connectivity index (χ0) is 11.9. The topological polar surface area (TPSA) is 24.9 Å². The van der Waals surface area contributed by atoms with Gasteiger partial charge in [0.05, 0.1) is 11.2 Å². The SMILES string of the molecule is CC(C)NC1(c2nc3c(s2)CCC3)CCSC1. The average Bonchev–Trinajstić information content (AvgIpc) is 2.87. The largest absolute Gasteiger partial charge is 0.302 e. The predicted molar refractivity (Wildman–Crippen MR) is 76.0 cm³/mol. The van der Waals surface area contributed by atoms with Gasteiger partial charge in [0.15, 0.2) is 0 Å². The predicted octanol–water partition coefficient (Wildman–Crippen LogP) is 2.96. The fourth-order valence-corrected chi connectivity index (χ4v) is 5.63. The maximum atomic E-state index is 4.94. The standard InChI is InChI=1S/C13H20N2S2/c1-9(2)15-13(6-7-16-8-13)12-14-10-4-3-5-11(10)17-12/h9,15H,3-8H2,1-2H3. The Labute approximate surface area is 112 Å². The fraction of sp³-hybridized carbons (Fsp3) is 0.769. The lowest BCUT2D eigenvalue weighted by atomic mass is 9.98. The first-order valence-corrected chi connectivity index (χ1v) is 8.51. The van der Waals surface area contributed by atoms with Gasteiger partial charge in [0.1, 0.15) is 5.01 Å². The first kappa shape index (κ1) is 12.0. The summed E-state index contributed by atoms with van der Waals surface area (Å²) in [6, 6.07) is 0.535. The molecule has 1 atom stereocenters. The van der Waals surface area contributed by atoms with Crippen LogP contribution in [0.2, 0.25) is 0 Å². The number of nitrogens with one attached hydrogen (secondary N) is 1. The molecule has 94 valence electrons. The molecule has 0 bridgehead atoms. The highest BCUT2D eigenvalue weighted by Crippen LogP contribution is 2.41. The molecule has 0 spiro atoms. The lowest BCUT2D eigenvalue weighted by Gasteiger charge is -2.30. The Morgan fingerprint density at radius 3 is 2.88 bits per heavy atom. The molecule has 1 fully saturated rings. The Morgan fingerprint density at radius 1 is 1.35 bits per heavy atom. The highest BCUT2D eigenvalue weighted by molar-refractivity contribution is 7.99. The van der Waals surface area contributed by atoms with E-state index in [0.717, 1.165) is 0 Å². The van der Waals surface area contributed by atoms with E-state index in [2.05, 4.69) is 30.9 Å². The maximum Gasteiger partial charge on any atom is 0.114 e. The number of rotatable bonds is 3. The second kappa shape index (κ2) is 4.56. The quantitative estimate of drug-likeness (QED) is 0.912. The molecule has 0 amide bonds. The van der Waals surface area contributed by atoms with Crippen molar-refractivity contribution < 1.29 is 0 Å². The minimum Gasteiger partial charge on any atom is -0.302 e. The molecule has 1 aromatic rings. The highest BCUT2D eigenvalue weighted by atomic mass is 32.2. The van der Waals surface area contributed by atoms with Crippen LogP contribution in [-0.4, -0.2) is 22.5 Å². The summed E-state index contributed by atoms with van der Waals surface area (Å²) in [5, 5.41) is 5.15. The minimum absolute atomic E-state index is 0.174. The zero-order valence-electron chi connectivity index (χ0n) is 10.6. The lowest BCUT2D eigenvalue weighted by Crippen LogP contribution is -2.46. The van der Waals surface area contributed by atoms with Gasteiger partial charge in [-0.05, 0) is 45.3 Å². The molecule has 1 aromatic heterocycles. The van der Waals surface area contributed by atoms with Crippen LogP contribution in [-0.2, 0) is 18.4 Å². The summed E-state index contributed by atoms with van der Waals surface area (Å²) in [6.07, 6.45) is 5.02. The summed E-state index contributed by atoms with van der Waals surface area (Å²) in [7, 11) is 0. The van der Waals surface area contributed by atoms with Crippen molar-refractivity contribution in [2.75, 3.05) is 11.5 Å². The molecule has 1 aliphatic carbocycles. The Bertz CT molecular complexity index is 384. The van der Waals surface area contributed by atoms with Crippen LogP contribution in [0.3, 0.4) is 0 Å². The molecule has 1 unspecified atom stereocenters. The summed E-state index contributed by atoms with van der Waals surface area (Å²) < 4.78 is 0. The van der Waals surface area contributed by atoms with E-state index in [4.69, 9.17) is 4.98 Å². The molecule has 0 radical (unpaired) electrons. The van der Waals surface area contributed by atoms with Crippen molar-refractivity contribution in [1.29, 1.82) is 0 Å². The van der Waals surface area contributed by atoms with E-state index in [1.54, 1.807) is 4.88 Å². The number of hydrogen-bond donors (Lipinski definition) is 1. The number of aromatic nitrogens is 1. The Morgan fingerprint density at radius 2 is 2.24 bits per heavy atom. The number of nitrogens with zero attached hydrogens (tertiary/aromatic N) is 1. The maximum absolute atomic E-state index is 4.94. The molecule has 0 aromatic carbocycles. The van der Waals surface area contributed by atoms with E-state index in [1.165, 1.54) is 47.9 Å². The fourth-order valence-electron chi connectivity index (χ4n) is 2.86. The normalized spacial score (nSPS) is 27.9. The Kier molecular flexibility index (Phi) is 3.22. The number of fused-ring (bicyclic) bond motifs is 1. The van der Waals surface area contributed by atoms with Crippen molar-refractivity contribution in [1.82, 2.24) is 10.3 Å². The van der Waals surface area contributed by atoms with E-state index >= 15 is 0 Å². The van der Waals surface area contributed by atoms with Crippen LogP contribution >= 0.6 is 23.1 Å². The van der Waals surface area contributed by atoms with E-state index < -0.39 is 0 Å². The van der Waals surface area contributed by atoms with E-state index in [0.29, 0.717) is 6.04 Å². The Hall–Kier alpha value is -0.0600. The van der Waals surface area contributed by atoms with Gasteiger partial charge >= 0.3 is 0 Å². The molecule has 17 heavy (non-hydrogen) atoms.